The zero-order valence-electron chi connectivity index (χ0n) is 16.6. The average molecular weight is 331 g/mol. The summed E-state index contributed by atoms with van der Waals surface area (Å²) in [4.78, 5) is 14.6. The van der Waals surface area contributed by atoms with E-state index in [0.717, 1.165) is 5.69 Å². The van der Waals surface area contributed by atoms with Crippen LogP contribution in [-0.2, 0) is 4.79 Å². The standard InChI is InChI=1S/C9H11NO.C8H11N.2C2H6/c1-8(11)10(2)9-6-4-3-5-7-9;1-9(2)8-6-4-3-5-7-8;2*1-2/h3-7H,1-2H3;3-7H,1-2H3;2*1-2H3. The molecule has 0 radical (unpaired) electrons. The van der Waals surface area contributed by atoms with E-state index >= 15 is 0 Å². The molecule has 0 bridgehead atoms. The molecule has 2 aromatic rings. The zero-order chi connectivity index (χ0) is 19.0. The van der Waals surface area contributed by atoms with E-state index in [0.29, 0.717) is 0 Å². The van der Waals surface area contributed by atoms with Crippen LogP contribution < -0.4 is 9.80 Å². The molecule has 3 heteroatoms. The van der Waals surface area contributed by atoms with Crippen LogP contribution in [0.1, 0.15) is 34.6 Å². The lowest BCUT2D eigenvalue weighted by molar-refractivity contribution is -0.116. The minimum atomic E-state index is 0.0520. The maximum Gasteiger partial charge on any atom is 0.223 e. The molecule has 0 atom stereocenters. The van der Waals surface area contributed by atoms with Crippen molar-refractivity contribution in [1.82, 2.24) is 0 Å². The number of carbonyl (C=O) groups is 1. The van der Waals surface area contributed by atoms with Crippen molar-refractivity contribution < 1.29 is 4.79 Å². The number of hydrogen-bond acceptors (Lipinski definition) is 2. The molecule has 0 heterocycles. The van der Waals surface area contributed by atoms with Gasteiger partial charge in [0.05, 0.1) is 0 Å². The average Bonchev–Trinajstić information content (AvgIpc) is 2.66. The Balaban J connectivity index is 0. The van der Waals surface area contributed by atoms with Crippen molar-refractivity contribution in [3.63, 3.8) is 0 Å². The lowest BCUT2D eigenvalue weighted by atomic mass is 10.3. The van der Waals surface area contributed by atoms with Gasteiger partial charge in [0.2, 0.25) is 5.91 Å². The molecule has 0 saturated heterocycles. The molecule has 0 spiro atoms. The summed E-state index contributed by atoms with van der Waals surface area (Å²) in [6.07, 6.45) is 0. The van der Waals surface area contributed by atoms with Crippen molar-refractivity contribution >= 4 is 17.3 Å². The van der Waals surface area contributed by atoms with Crippen LogP contribution in [0.2, 0.25) is 0 Å². The number of rotatable bonds is 2. The minimum Gasteiger partial charge on any atom is -0.378 e. The monoisotopic (exact) mass is 330 g/mol. The van der Waals surface area contributed by atoms with Gasteiger partial charge in [-0.05, 0) is 24.3 Å². The fourth-order valence-corrected chi connectivity index (χ4v) is 1.56. The minimum absolute atomic E-state index is 0.0520. The van der Waals surface area contributed by atoms with Gasteiger partial charge in [-0.25, -0.2) is 0 Å². The topological polar surface area (TPSA) is 23.6 Å². The first-order valence-electron chi connectivity index (χ1n) is 8.54. The Kier molecular flexibility index (Phi) is 15.6. The van der Waals surface area contributed by atoms with Crippen molar-refractivity contribution in [2.45, 2.75) is 34.6 Å². The Morgan fingerprint density at radius 1 is 0.667 bits per heavy atom. The Hall–Kier alpha value is -2.29. The zero-order valence-corrected chi connectivity index (χ0v) is 16.6. The predicted octanol–water partition coefficient (Wildman–Crippen LogP) is 5.47. The van der Waals surface area contributed by atoms with Crippen LogP contribution in [0.15, 0.2) is 60.7 Å². The number of carbonyl (C=O) groups excluding carboxylic acids is 1. The van der Waals surface area contributed by atoms with Crippen LogP contribution >= 0.6 is 0 Å². The van der Waals surface area contributed by atoms with Crippen molar-refractivity contribution in [3.8, 4) is 0 Å². The van der Waals surface area contributed by atoms with Crippen LogP contribution in [0, 0.1) is 0 Å². The lowest BCUT2D eigenvalue weighted by Crippen LogP contribution is -2.22. The molecular formula is C21H34N2O. The third kappa shape index (κ3) is 10.4. The van der Waals surface area contributed by atoms with Crippen LogP contribution in [0.25, 0.3) is 0 Å². The van der Waals surface area contributed by atoms with Crippen molar-refractivity contribution in [1.29, 1.82) is 0 Å². The van der Waals surface area contributed by atoms with Gasteiger partial charge in [-0.1, -0.05) is 64.1 Å². The molecule has 3 nitrogen and oxygen atoms in total. The molecule has 2 aromatic carbocycles. The molecule has 1 amide bonds. The first-order chi connectivity index (χ1) is 11.5. The third-order valence-electron chi connectivity index (χ3n) is 2.89. The van der Waals surface area contributed by atoms with Gasteiger partial charge in [-0.15, -0.1) is 0 Å². The number of hydrogen-bond donors (Lipinski definition) is 0. The molecule has 2 rings (SSSR count). The Labute approximate surface area is 148 Å². The summed E-state index contributed by atoms with van der Waals surface area (Å²) in [6, 6.07) is 19.8. The van der Waals surface area contributed by atoms with Gasteiger partial charge in [0.1, 0.15) is 0 Å². The normalized spacial score (nSPS) is 8.17. The van der Waals surface area contributed by atoms with Gasteiger partial charge in [-0.2, -0.15) is 0 Å². The molecule has 0 N–H and O–H groups in total. The molecule has 0 unspecified atom stereocenters. The van der Waals surface area contributed by atoms with Gasteiger partial charge < -0.3 is 9.80 Å². The summed E-state index contributed by atoms with van der Waals surface area (Å²) in [5.74, 6) is 0.0520. The van der Waals surface area contributed by atoms with E-state index in [9.17, 15) is 4.79 Å². The fourth-order valence-electron chi connectivity index (χ4n) is 1.56. The molecule has 24 heavy (non-hydrogen) atoms. The molecule has 0 aliphatic rings. The largest absolute Gasteiger partial charge is 0.378 e. The van der Waals surface area contributed by atoms with Gasteiger partial charge in [-0.3, -0.25) is 4.79 Å². The smallest absolute Gasteiger partial charge is 0.223 e. The fraction of sp³-hybridized carbons (Fsp3) is 0.381. The van der Waals surface area contributed by atoms with Crippen LogP contribution in [-0.4, -0.2) is 27.1 Å². The van der Waals surface area contributed by atoms with Crippen LogP contribution in [0.4, 0.5) is 11.4 Å². The van der Waals surface area contributed by atoms with E-state index in [1.807, 2.05) is 90.3 Å². The SMILES string of the molecule is CC.CC.CC(=O)N(C)c1ccccc1.CN(C)c1ccccc1. The highest BCUT2D eigenvalue weighted by molar-refractivity contribution is 5.90. The van der Waals surface area contributed by atoms with Gasteiger partial charge >= 0.3 is 0 Å². The van der Waals surface area contributed by atoms with E-state index in [1.54, 1.807) is 18.9 Å². The second kappa shape index (κ2) is 15.6. The van der Waals surface area contributed by atoms with E-state index in [-0.39, 0.29) is 5.91 Å². The quantitative estimate of drug-likeness (QED) is 0.728. The highest BCUT2D eigenvalue weighted by atomic mass is 16.2. The Morgan fingerprint density at radius 2 is 1.00 bits per heavy atom. The third-order valence-corrected chi connectivity index (χ3v) is 2.89. The second-order valence-corrected chi connectivity index (χ2v) is 4.64. The highest BCUT2D eigenvalue weighted by Gasteiger charge is 2.02. The maximum absolute atomic E-state index is 10.9. The molecule has 0 fully saturated rings. The number of anilines is 2. The van der Waals surface area contributed by atoms with E-state index in [4.69, 9.17) is 0 Å². The van der Waals surface area contributed by atoms with Gasteiger partial charge in [0, 0.05) is 39.4 Å². The number of amides is 1. The molecule has 0 aromatic heterocycles. The summed E-state index contributed by atoms with van der Waals surface area (Å²) in [5, 5.41) is 0. The van der Waals surface area contributed by atoms with E-state index < -0.39 is 0 Å². The van der Waals surface area contributed by atoms with Crippen LogP contribution in [0.5, 0.6) is 0 Å². The summed E-state index contributed by atoms with van der Waals surface area (Å²) in [7, 11) is 5.84. The van der Waals surface area contributed by atoms with Crippen molar-refractivity contribution in [2.75, 3.05) is 30.9 Å². The number of para-hydroxylation sites is 2. The number of nitrogens with zero attached hydrogens (tertiary/aromatic N) is 2. The molecule has 0 aliphatic heterocycles. The Morgan fingerprint density at radius 3 is 1.25 bits per heavy atom. The molecular weight excluding hydrogens is 296 g/mol. The molecule has 0 aliphatic carbocycles. The Bertz CT molecular complexity index is 510. The summed E-state index contributed by atoms with van der Waals surface area (Å²) >= 11 is 0. The molecule has 134 valence electrons. The van der Waals surface area contributed by atoms with Crippen molar-refractivity contribution in [2.24, 2.45) is 0 Å². The number of benzene rings is 2. The first kappa shape index (κ1) is 24.0. The summed E-state index contributed by atoms with van der Waals surface area (Å²) in [5.41, 5.74) is 2.18. The first-order valence-corrected chi connectivity index (χ1v) is 8.54. The maximum atomic E-state index is 10.9. The summed E-state index contributed by atoms with van der Waals surface area (Å²) < 4.78 is 0. The van der Waals surface area contributed by atoms with E-state index in [2.05, 4.69) is 17.0 Å². The lowest BCUT2D eigenvalue weighted by Gasteiger charge is -2.13. The van der Waals surface area contributed by atoms with Crippen LogP contribution in [0.3, 0.4) is 0 Å². The molecule has 0 saturated carbocycles. The summed E-state index contributed by atoms with van der Waals surface area (Å²) in [6.45, 7) is 9.55. The van der Waals surface area contributed by atoms with E-state index in [1.165, 1.54) is 5.69 Å². The highest BCUT2D eigenvalue weighted by Crippen LogP contribution is 2.10. The van der Waals surface area contributed by atoms with Crippen molar-refractivity contribution in [3.05, 3.63) is 60.7 Å². The van der Waals surface area contributed by atoms with Gasteiger partial charge in [0.15, 0.2) is 0 Å². The van der Waals surface area contributed by atoms with Gasteiger partial charge in [0.25, 0.3) is 0 Å². The second-order valence-electron chi connectivity index (χ2n) is 4.64. The predicted molar refractivity (Wildman–Crippen MR) is 109 cm³/mol.